The minimum absolute atomic E-state index is 0.0744. The van der Waals surface area contributed by atoms with Gasteiger partial charge in [-0.3, -0.25) is 19.2 Å². The molecule has 108 valence electrons. The van der Waals surface area contributed by atoms with Gasteiger partial charge in [0.1, 0.15) is 12.7 Å². The Hall–Kier alpha value is -1.96. The van der Waals surface area contributed by atoms with Crippen molar-refractivity contribution in [2.45, 2.75) is 39.0 Å². The van der Waals surface area contributed by atoms with E-state index < -0.39 is 63.5 Å². The molecule has 0 saturated heterocycles. The number of rotatable bonds is 7. The van der Waals surface area contributed by atoms with Crippen molar-refractivity contribution in [1.29, 1.82) is 0 Å². The molecule has 0 saturated carbocycles. The number of esters is 3. The van der Waals surface area contributed by atoms with Gasteiger partial charge in [-0.25, -0.2) is 0 Å². The number of hydrogen-bond donors (Lipinski definition) is 1. The van der Waals surface area contributed by atoms with E-state index in [9.17, 15) is 24.3 Å². The van der Waals surface area contributed by atoms with Gasteiger partial charge in [0.05, 0.1) is 0 Å². The Bertz CT molecular complexity index is 403. The molecule has 0 rings (SSSR count). The van der Waals surface area contributed by atoms with Crippen LogP contribution in [0, 0.1) is 0 Å². The second-order valence-electron chi connectivity index (χ2n) is 3.30. The molecule has 0 fully saturated rings. The van der Waals surface area contributed by atoms with E-state index in [1.807, 2.05) is 0 Å². The first-order valence-electron chi connectivity index (χ1n) is 7.07. The summed E-state index contributed by atoms with van der Waals surface area (Å²) in [5.74, 6) is -3.17. The zero-order valence-electron chi connectivity index (χ0n) is 12.9. The number of carbonyl (C=O) groups is 4. The van der Waals surface area contributed by atoms with Crippen molar-refractivity contribution < 1.29 is 42.6 Å². The molecule has 0 radical (unpaired) electrons. The average molecular weight is 279 g/mol. The maximum atomic E-state index is 11.1. The summed E-state index contributed by atoms with van der Waals surface area (Å²) < 4.78 is 34.0. The van der Waals surface area contributed by atoms with E-state index in [1.54, 1.807) is 0 Å². The first-order valence-corrected chi connectivity index (χ1v) is 4.95. The van der Waals surface area contributed by atoms with Crippen LogP contribution < -0.4 is 0 Å². The van der Waals surface area contributed by atoms with Crippen LogP contribution in [0.1, 0.15) is 24.8 Å². The molecule has 8 heteroatoms. The molecule has 0 aromatic rings. The molecule has 0 aliphatic carbocycles. The minimum atomic E-state index is -1.72. The Morgan fingerprint density at radius 3 is 2.26 bits per heavy atom. The van der Waals surface area contributed by atoms with Crippen molar-refractivity contribution in [3.05, 3.63) is 0 Å². The number of hydrogen-bond acceptors (Lipinski definition) is 8. The third kappa shape index (κ3) is 7.14. The molecule has 3 atom stereocenters. The SMILES string of the molecule is [2H]CC(=O)OC[C@@H](O)[C@H](OC(=O)C[2H])[C@H](C=O)OC(=O)C[2H]. The molecular weight excluding hydrogens is 260 g/mol. The Morgan fingerprint density at radius 2 is 1.74 bits per heavy atom. The smallest absolute Gasteiger partial charge is 0.303 e. The van der Waals surface area contributed by atoms with Crippen molar-refractivity contribution in [2.24, 2.45) is 0 Å². The third-order valence-electron chi connectivity index (χ3n) is 1.79. The topological polar surface area (TPSA) is 116 Å². The van der Waals surface area contributed by atoms with Crippen LogP contribution in [0.3, 0.4) is 0 Å². The Balaban J connectivity index is 4.97. The summed E-state index contributed by atoms with van der Waals surface area (Å²) in [6.07, 6.45) is -5.08. The quantitative estimate of drug-likeness (QED) is 0.357. The van der Waals surface area contributed by atoms with Gasteiger partial charge in [0, 0.05) is 24.8 Å². The van der Waals surface area contributed by atoms with Gasteiger partial charge >= 0.3 is 17.9 Å². The molecular formula is C11H16O8. The third-order valence-corrected chi connectivity index (χ3v) is 1.79. The van der Waals surface area contributed by atoms with Gasteiger partial charge in [-0.15, -0.1) is 0 Å². The van der Waals surface area contributed by atoms with Crippen molar-refractivity contribution >= 4 is 24.2 Å². The summed E-state index contributed by atoms with van der Waals surface area (Å²) in [6, 6.07) is 0. The predicted octanol–water partition coefficient (Wildman–Crippen LogP) is -1.03. The summed E-state index contributed by atoms with van der Waals surface area (Å²) in [5.41, 5.74) is 0. The molecule has 0 aromatic carbocycles. The number of carbonyl (C=O) groups excluding carboxylic acids is 4. The Morgan fingerprint density at radius 1 is 1.16 bits per heavy atom. The lowest BCUT2D eigenvalue weighted by Gasteiger charge is -2.26. The van der Waals surface area contributed by atoms with E-state index in [-0.39, 0.29) is 6.29 Å². The zero-order valence-corrected chi connectivity index (χ0v) is 9.94. The lowest BCUT2D eigenvalue weighted by Crippen LogP contribution is -2.46. The van der Waals surface area contributed by atoms with Gasteiger partial charge < -0.3 is 19.3 Å². The van der Waals surface area contributed by atoms with Crippen LogP contribution in [0.2, 0.25) is 0 Å². The van der Waals surface area contributed by atoms with Gasteiger partial charge in [0.25, 0.3) is 0 Å². The molecule has 0 amide bonds. The first kappa shape index (κ1) is 12.1. The zero-order chi connectivity index (χ0) is 17.1. The van der Waals surface area contributed by atoms with Crippen LogP contribution in [0.25, 0.3) is 0 Å². The summed E-state index contributed by atoms with van der Waals surface area (Å²) in [4.78, 5) is 44.0. The van der Waals surface area contributed by atoms with Gasteiger partial charge in [-0.05, 0) is 0 Å². The van der Waals surface area contributed by atoms with E-state index >= 15 is 0 Å². The standard InChI is InChI=1S/C11H16O8/c1-6(13)17-5-9(16)11(19-8(3)15)10(4-12)18-7(2)14/h4,9-11,16H,5H2,1-3H3/t9-,10+,11+/m1/s1/i1D,2D,3D. The van der Waals surface area contributed by atoms with Gasteiger partial charge in [0.2, 0.25) is 0 Å². The Kier molecular flexibility index (Phi) is 5.22. The molecule has 0 aliphatic rings. The van der Waals surface area contributed by atoms with Crippen LogP contribution in [0.15, 0.2) is 0 Å². The fraction of sp³-hybridized carbons (Fsp3) is 0.636. The highest BCUT2D eigenvalue weighted by molar-refractivity contribution is 5.71. The monoisotopic (exact) mass is 279 g/mol. The number of aliphatic hydroxyl groups is 1. The van der Waals surface area contributed by atoms with Crippen LogP contribution in [-0.2, 0) is 33.4 Å². The van der Waals surface area contributed by atoms with E-state index in [0.29, 0.717) is 0 Å². The summed E-state index contributed by atoms with van der Waals surface area (Å²) in [7, 11) is 0. The van der Waals surface area contributed by atoms with Crippen molar-refractivity contribution in [3.8, 4) is 0 Å². The summed E-state index contributed by atoms with van der Waals surface area (Å²) >= 11 is 0. The predicted molar refractivity (Wildman–Crippen MR) is 59.8 cm³/mol. The lowest BCUT2D eigenvalue weighted by atomic mass is 10.1. The van der Waals surface area contributed by atoms with Crippen molar-refractivity contribution in [3.63, 3.8) is 0 Å². The lowest BCUT2D eigenvalue weighted by molar-refractivity contribution is -0.179. The molecule has 0 spiro atoms. The maximum Gasteiger partial charge on any atom is 0.303 e. The van der Waals surface area contributed by atoms with Gasteiger partial charge in [-0.2, -0.15) is 0 Å². The molecule has 0 aliphatic heterocycles. The van der Waals surface area contributed by atoms with Crippen LogP contribution >= 0.6 is 0 Å². The van der Waals surface area contributed by atoms with E-state index in [0.717, 1.165) is 0 Å². The summed E-state index contributed by atoms with van der Waals surface area (Å²) in [5, 5.41) is 9.81. The molecule has 0 aromatic heterocycles. The largest absolute Gasteiger partial charge is 0.463 e. The molecule has 0 heterocycles. The van der Waals surface area contributed by atoms with E-state index in [4.69, 9.17) is 4.11 Å². The number of aliphatic hydroxyl groups excluding tert-OH is 1. The molecule has 0 bridgehead atoms. The van der Waals surface area contributed by atoms with Crippen LogP contribution in [0.4, 0.5) is 0 Å². The second-order valence-corrected chi connectivity index (χ2v) is 3.30. The fourth-order valence-corrected chi connectivity index (χ4v) is 1.11. The van der Waals surface area contributed by atoms with Gasteiger partial charge in [-0.1, -0.05) is 0 Å². The second kappa shape index (κ2) is 8.20. The highest BCUT2D eigenvalue weighted by Gasteiger charge is 2.34. The average Bonchev–Trinajstić information content (AvgIpc) is 2.54. The highest BCUT2D eigenvalue weighted by atomic mass is 16.6. The first-order chi connectivity index (χ1) is 10.4. The molecule has 0 unspecified atom stereocenters. The molecule has 8 nitrogen and oxygen atoms in total. The Labute approximate surface area is 113 Å². The fourth-order valence-electron chi connectivity index (χ4n) is 1.11. The van der Waals surface area contributed by atoms with E-state index in [1.165, 1.54) is 0 Å². The molecule has 19 heavy (non-hydrogen) atoms. The van der Waals surface area contributed by atoms with E-state index in [2.05, 4.69) is 14.2 Å². The van der Waals surface area contributed by atoms with Crippen molar-refractivity contribution in [2.75, 3.05) is 6.61 Å². The minimum Gasteiger partial charge on any atom is -0.463 e. The maximum absolute atomic E-state index is 11.1. The van der Waals surface area contributed by atoms with Gasteiger partial charge in [0.15, 0.2) is 18.5 Å². The van der Waals surface area contributed by atoms with Crippen molar-refractivity contribution in [1.82, 2.24) is 0 Å². The highest BCUT2D eigenvalue weighted by Crippen LogP contribution is 2.10. The molecule has 1 N–H and O–H groups in total. The van der Waals surface area contributed by atoms with Crippen LogP contribution in [-0.4, -0.2) is 54.2 Å². The number of ether oxygens (including phenoxy) is 3. The van der Waals surface area contributed by atoms with Crippen LogP contribution in [0.5, 0.6) is 0 Å². The number of aldehydes is 1. The summed E-state index contributed by atoms with van der Waals surface area (Å²) in [6.45, 7) is -3.02. The normalized spacial score (nSPS) is 16.8.